The number of anilines is 1. The first kappa shape index (κ1) is 17.2. The number of nitrogens with zero attached hydrogens (tertiary/aromatic N) is 5. The van der Waals surface area contributed by atoms with Crippen LogP contribution in [0.2, 0.25) is 0 Å². The molecule has 0 aromatic carbocycles. The molecule has 0 saturated carbocycles. The number of aryl methyl sites for hydroxylation is 1. The summed E-state index contributed by atoms with van der Waals surface area (Å²) in [6.07, 6.45) is 0.550. The van der Waals surface area contributed by atoms with Crippen molar-refractivity contribution in [3.05, 3.63) is 35.8 Å². The van der Waals surface area contributed by atoms with Crippen LogP contribution >= 0.6 is 0 Å². The molecule has 25 heavy (non-hydrogen) atoms. The fourth-order valence-electron chi connectivity index (χ4n) is 3.03. The number of nitrogen functional groups attached to an aromatic ring is 1. The third kappa shape index (κ3) is 3.42. The summed E-state index contributed by atoms with van der Waals surface area (Å²) < 4.78 is 39.9. The van der Waals surface area contributed by atoms with Gasteiger partial charge in [-0.25, -0.2) is 15.0 Å². The number of piperidine rings is 1. The van der Waals surface area contributed by atoms with Crippen molar-refractivity contribution in [3.8, 4) is 0 Å². The molecule has 134 valence electrons. The number of likely N-dealkylation sites (tertiary alicyclic amines) is 1. The maximum atomic E-state index is 12.8. The van der Waals surface area contributed by atoms with Crippen LogP contribution in [-0.2, 0) is 13.2 Å². The Balaban J connectivity index is 1.81. The minimum Gasteiger partial charge on any atom is -0.382 e. The van der Waals surface area contributed by atoms with E-state index in [0.29, 0.717) is 25.2 Å². The molecule has 0 unspecified atom stereocenters. The molecule has 1 amide bonds. The molecule has 3 rings (SSSR count). The van der Waals surface area contributed by atoms with Crippen LogP contribution in [-0.4, -0.2) is 43.4 Å². The molecule has 1 saturated heterocycles. The van der Waals surface area contributed by atoms with Crippen molar-refractivity contribution in [2.24, 2.45) is 7.05 Å². The number of rotatable bonds is 2. The van der Waals surface area contributed by atoms with E-state index in [-0.39, 0.29) is 29.9 Å². The lowest BCUT2D eigenvalue weighted by Gasteiger charge is -2.32. The van der Waals surface area contributed by atoms with Gasteiger partial charge in [0.15, 0.2) is 17.2 Å². The standard InChI is InChI=1S/C15H17F3N6O/c1-23-8-10(15(16,17)18)22-13(23)9-3-2-6-24(7-9)14(25)11-12(19)21-5-4-20-11/h4-5,8-9H,2-3,6-7H2,1H3,(H2,19,21)/t9-/m0/s1. The number of carbonyl (C=O) groups excluding carboxylic acids is 1. The molecule has 2 N–H and O–H groups in total. The van der Waals surface area contributed by atoms with Gasteiger partial charge >= 0.3 is 6.18 Å². The van der Waals surface area contributed by atoms with Gasteiger partial charge in [-0.2, -0.15) is 13.2 Å². The molecule has 2 aromatic heterocycles. The van der Waals surface area contributed by atoms with Crippen molar-refractivity contribution in [2.75, 3.05) is 18.8 Å². The summed E-state index contributed by atoms with van der Waals surface area (Å²) in [5, 5.41) is 0. The molecule has 2 aromatic rings. The van der Waals surface area contributed by atoms with Crippen LogP contribution in [0.25, 0.3) is 0 Å². The van der Waals surface area contributed by atoms with Crippen LogP contribution < -0.4 is 5.73 Å². The Hall–Kier alpha value is -2.65. The Labute approximate surface area is 141 Å². The number of nitrogens with two attached hydrogens (primary N) is 1. The molecular weight excluding hydrogens is 337 g/mol. The van der Waals surface area contributed by atoms with Gasteiger partial charge in [-0.3, -0.25) is 4.79 Å². The van der Waals surface area contributed by atoms with Crippen LogP contribution in [0.1, 0.15) is 40.8 Å². The molecule has 0 aliphatic carbocycles. The highest BCUT2D eigenvalue weighted by atomic mass is 19.4. The lowest BCUT2D eigenvalue weighted by Crippen LogP contribution is -2.40. The van der Waals surface area contributed by atoms with Crippen LogP contribution in [0.5, 0.6) is 0 Å². The molecule has 10 heteroatoms. The van der Waals surface area contributed by atoms with Gasteiger partial charge in [0.2, 0.25) is 0 Å². The van der Waals surface area contributed by atoms with Crippen molar-refractivity contribution >= 4 is 11.7 Å². The highest BCUT2D eigenvalue weighted by molar-refractivity contribution is 5.96. The Kier molecular flexibility index (Phi) is 4.36. The van der Waals surface area contributed by atoms with Crippen LogP contribution in [0.15, 0.2) is 18.6 Å². The van der Waals surface area contributed by atoms with Gasteiger partial charge in [0.05, 0.1) is 0 Å². The summed E-state index contributed by atoms with van der Waals surface area (Å²) in [4.78, 5) is 25.7. The smallest absolute Gasteiger partial charge is 0.382 e. The largest absolute Gasteiger partial charge is 0.434 e. The van der Waals surface area contributed by atoms with E-state index in [1.165, 1.54) is 28.9 Å². The lowest BCUT2D eigenvalue weighted by molar-refractivity contribution is -0.141. The second kappa shape index (κ2) is 6.34. The predicted molar refractivity (Wildman–Crippen MR) is 82.5 cm³/mol. The number of hydrogen-bond acceptors (Lipinski definition) is 5. The van der Waals surface area contributed by atoms with E-state index >= 15 is 0 Å². The van der Waals surface area contributed by atoms with Gasteiger partial charge in [0.25, 0.3) is 5.91 Å². The van der Waals surface area contributed by atoms with E-state index in [4.69, 9.17) is 5.73 Å². The maximum absolute atomic E-state index is 12.8. The molecule has 1 fully saturated rings. The molecule has 3 heterocycles. The molecule has 7 nitrogen and oxygen atoms in total. The van der Waals surface area contributed by atoms with E-state index in [9.17, 15) is 18.0 Å². The van der Waals surface area contributed by atoms with E-state index in [2.05, 4.69) is 15.0 Å². The van der Waals surface area contributed by atoms with Gasteiger partial charge < -0.3 is 15.2 Å². The second-order valence-corrected chi connectivity index (χ2v) is 5.97. The zero-order valence-electron chi connectivity index (χ0n) is 13.5. The number of hydrogen-bond donors (Lipinski definition) is 1. The zero-order chi connectivity index (χ0) is 18.2. The second-order valence-electron chi connectivity index (χ2n) is 5.97. The third-order valence-electron chi connectivity index (χ3n) is 4.21. The molecule has 1 aliphatic heterocycles. The topological polar surface area (TPSA) is 89.9 Å². The quantitative estimate of drug-likeness (QED) is 0.889. The zero-order valence-corrected chi connectivity index (χ0v) is 13.5. The Bertz CT molecular complexity index is 788. The lowest BCUT2D eigenvalue weighted by atomic mass is 9.97. The molecule has 1 atom stereocenters. The van der Waals surface area contributed by atoms with Crippen molar-refractivity contribution < 1.29 is 18.0 Å². The number of amides is 1. The van der Waals surface area contributed by atoms with Gasteiger partial charge in [-0.05, 0) is 12.8 Å². The first-order valence-electron chi connectivity index (χ1n) is 7.73. The number of halogens is 3. The molecule has 0 spiro atoms. The van der Waals surface area contributed by atoms with Crippen molar-refractivity contribution in [1.29, 1.82) is 0 Å². The van der Waals surface area contributed by atoms with E-state index in [1.807, 2.05) is 0 Å². The first-order chi connectivity index (χ1) is 11.8. The molecule has 1 aliphatic rings. The van der Waals surface area contributed by atoms with E-state index < -0.39 is 11.9 Å². The molecule has 0 radical (unpaired) electrons. The average molecular weight is 354 g/mol. The summed E-state index contributed by atoms with van der Waals surface area (Å²) >= 11 is 0. The molecular formula is C15H17F3N6O. The van der Waals surface area contributed by atoms with Crippen LogP contribution in [0, 0.1) is 0 Å². The summed E-state index contributed by atoms with van der Waals surface area (Å²) in [5.41, 5.74) is 4.82. The highest BCUT2D eigenvalue weighted by Crippen LogP contribution is 2.32. The summed E-state index contributed by atoms with van der Waals surface area (Å²) in [7, 11) is 1.53. The van der Waals surface area contributed by atoms with E-state index in [0.717, 1.165) is 6.20 Å². The number of aromatic nitrogens is 4. The van der Waals surface area contributed by atoms with Gasteiger partial charge in [0, 0.05) is 44.6 Å². The van der Waals surface area contributed by atoms with Gasteiger partial charge in [-0.15, -0.1) is 0 Å². The first-order valence-corrected chi connectivity index (χ1v) is 7.73. The Morgan fingerprint density at radius 1 is 1.32 bits per heavy atom. The highest BCUT2D eigenvalue weighted by Gasteiger charge is 2.36. The van der Waals surface area contributed by atoms with Crippen LogP contribution in [0.3, 0.4) is 0 Å². The Morgan fingerprint density at radius 3 is 2.68 bits per heavy atom. The molecule has 0 bridgehead atoms. The van der Waals surface area contributed by atoms with E-state index in [1.54, 1.807) is 0 Å². The fourth-order valence-corrected chi connectivity index (χ4v) is 3.03. The normalized spacial score (nSPS) is 18.4. The summed E-state index contributed by atoms with van der Waals surface area (Å²) in [6, 6.07) is 0. The van der Waals surface area contributed by atoms with Crippen molar-refractivity contribution in [2.45, 2.75) is 24.9 Å². The van der Waals surface area contributed by atoms with Crippen LogP contribution in [0.4, 0.5) is 19.0 Å². The predicted octanol–water partition coefficient (Wildman–Crippen LogP) is 1.83. The number of imidazole rings is 1. The minimum atomic E-state index is -4.49. The number of carbonyl (C=O) groups is 1. The average Bonchev–Trinajstić information content (AvgIpc) is 2.97. The monoisotopic (exact) mass is 354 g/mol. The SMILES string of the molecule is Cn1cc(C(F)(F)F)nc1[C@H]1CCCN(C(=O)c2nccnc2N)C1. The number of alkyl halides is 3. The Morgan fingerprint density at radius 2 is 2.04 bits per heavy atom. The summed E-state index contributed by atoms with van der Waals surface area (Å²) in [5.74, 6) is -0.305. The van der Waals surface area contributed by atoms with Crippen molar-refractivity contribution in [1.82, 2.24) is 24.4 Å². The van der Waals surface area contributed by atoms with Gasteiger partial charge in [-0.1, -0.05) is 0 Å². The third-order valence-corrected chi connectivity index (χ3v) is 4.21. The summed E-state index contributed by atoms with van der Waals surface area (Å²) in [6.45, 7) is 0.749. The van der Waals surface area contributed by atoms with Gasteiger partial charge in [0.1, 0.15) is 5.82 Å². The fraction of sp³-hybridized carbons (Fsp3) is 0.467. The maximum Gasteiger partial charge on any atom is 0.434 e. The van der Waals surface area contributed by atoms with Crippen molar-refractivity contribution in [3.63, 3.8) is 0 Å². The minimum absolute atomic E-state index is 0.0333.